The maximum Gasteiger partial charge on any atom is 0.312 e. The maximum atomic E-state index is 13.3. The summed E-state index contributed by atoms with van der Waals surface area (Å²) in [5.41, 5.74) is 3.79. The molecule has 2 aliphatic carbocycles. The van der Waals surface area contributed by atoms with Gasteiger partial charge in [-0.05, 0) is 133 Å². The van der Waals surface area contributed by atoms with Crippen molar-refractivity contribution in [3.05, 3.63) is 71.0 Å². The number of hydrogen-bond donors (Lipinski definition) is 0. The third-order valence-corrected chi connectivity index (χ3v) is 11.3. The lowest BCUT2D eigenvalue weighted by atomic mass is 9.89. The van der Waals surface area contributed by atoms with Crippen molar-refractivity contribution >= 4 is 5.97 Å². The van der Waals surface area contributed by atoms with E-state index in [1.165, 1.54) is 30.2 Å². The van der Waals surface area contributed by atoms with Crippen LogP contribution in [0, 0.1) is 29.6 Å². The molecule has 284 valence electrons. The summed E-state index contributed by atoms with van der Waals surface area (Å²) in [4.78, 5) is 13.3. The number of carbonyl (C=O) groups excluding carboxylic acids is 1. The number of allylic oxidation sites excluding steroid dienone is 4. The van der Waals surface area contributed by atoms with Crippen LogP contribution in [0.2, 0.25) is 0 Å². The first-order valence-corrected chi connectivity index (χ1v) is 20.2. The second kappa shape index (κ2) is 21.3. The van der Waals surface area contributed by atoms with Crippen molar-refractivity contribution in [2.75, 3.05) is 26.9 Å². The summed E-state index contributed by atoms with van der Waals surface area (Å²) in [5.74, 6) is 1.99. The molecular formula is C44H66O7. The minimum Gasteiger partial charge on any atom is -0.469 e. The standard InChI is InChI=1S/C44H66O7/c1-32(2)16-14-17-33(3)18-15-22-39(50-41-23-9-12-26-48-41)43-38-29-35(28-36(38)30-40(43)51-42-24-10-13-27-49-42)37(44(45)46-4)21-8-11-25-47-31-34-19-6-5-7-20-34/h5-7,16,19-20,22,29,33,36-38,40-43H,8-15,17-18,21,23-28,30-31H2,1-4H3/t33-,36?,37?,38?,40-,41?,42?,43+/m1/s1. The van der Waals surface area contributed by atoms with E-state index in [1.54, 1.807) is 0 Å². The Balaban J connectivity index is 1.30. The summed E-state index contributed by atoms with van der Waals surface area (Å²) >= 11 is 0. The van der Waals surface area contributed by atoms with Crippen LogP contribution in [-0.4, -0.2) is 51.6 Å². The number of benzene rings is 1. The number of esters is 1. The van der Waals surface area contributed by atoms with Gasteiger partial charge < -0.3 is 28.4 Å². The zero-order chi connectivity index (χ0) is 35.8. The van der Waals surface area contributed by atoms with E-state index in [0.717, 1.165) is 109 Å². The van der Waals surface area contributed by atoms with Gasteiger partial charge in [0, 0.05) is 25.6 Å². The highest BCUT2D eigenvalue weighted by Gasteiger charge is 2.50. The van der Waals surface area contributed by atoms with Gasteiger partial charge in [-0.25, -0.2) is 0 Å². The molecule has 0 aromatic heterocycles. The van der Waals surface area contributed by atoms with Crippen molar-refractivity contribution in [3.8, 4) is 0 Å². The van der Waals surface area contributed by atoms with Gasteiger partial charge in [0.25, 0.3) is 0 Å². The molecule has 3 fully saturated rings. The van der Waals surface area contributed by atoms with Crippen molar-refractivity contribution in [2.45, 2.75) is 142 Å². The number of rotatable bonds is 20. The molecule has 1 aromatic carbocycles. The van der Waals surface area contributed by atoms with Gasteiger partial charge in [-0.1, -0.05) is 60.6 Å². The normalized spacial score (nSPS) is 27.7. The first-order valence-electron chi connectivity index (χ1n) is 20.2. The van der Waals surface area contributed by atoms with Crippen molar-refractivity contribution in [2.24, 2.45) is 29.6 Å². The third-order valence-electron chi connectivity index (χ3n) is 11.3. The summed E-state index contributed by atoms with van der Waals surface area (Å²) in [6.45, 7) is 9.52. The molecule has 2 saturated heterocycles. The van der Waals surface area contributed by atoms with Crippen LogP contribution >= 0.6 is 0 Å². The maximum absolute atomic E-state index is 13.3. The summed E-state index contributed by atoms with van der Waals surface area (Å²) in [6, 6.07) is 10.3. The summed E-state index contributed by atoms with van der Waals surface area (Å²) in [6.07, 6.45) is 21.9. The molecule has 0 bridgehead atoms. The van der Waals surface area contributed by atoms with Gasteiger partial charge in [0.1, 0.15) is 5.76 Å². The fraction of sp³-hybridized carbons (Fsp3) is 0.705. The zero-order valence-corrected chi connectivity index (χ0v) is 32.0. The number of carbonyl (C=O) groups is 1. The monoisotopic (exact) mass is 706 g/mol. The predicted molar refractivity (Wildman–Crippen MR) is 202 cm³/mol. The Hall–Kier alpha value is -2.45. The number of methoxy groups -OCH3 is 1. The van der Waals surface area contributed by atoms with Gasteiger partial charge in [0.05, 0.1) is 32.3 Å². The van der Waals surface area contributed by atoms with Crippen molar-refractivity contribution in [1.29, 1.82) is 0 Å². The second-order valence-corrected chi connectivity index (χ2v) is 15.7. The lowest BCUT2D eigenvalue weighted by Gasteiger charge is -2.33. The van der Waals surface area contributed by atoms with E-state index >= 15 is 0 Å². The number of fused-ring (bicyclic) bond motifs is 1. The summed E-state index contributed by atoms with van der Waals surface area (Å²) < 4.78 is 37.3. The largest absolute Gasteiger partial charge is 0.469 e. The Morgan fingerprint density at radius 2 is 1.65 bits per heavy atom. The Labute approximate surface area is 308 Å². The van der Waals surface area contributed by atoms with Crippen molar-refractivity contribution in [3.63, 3.8) is 0 Å². The van der Waals surface area contributed by atoms with Crippen LogP contribution in [0.1, 0.15) is 123 Å². The molecule has 1 aromatic rings. The predicted octanol–water partition coefficient (Wildman–Crippen LogP) is 10.2. The Morgan fingerprint density at radius 1 is 0.922 bits per heavy atom. The van der Waals surface area contributed by atoms with Gasteiger partial charge in [-0.15, -0.1) is 0 Å². The molecule has 4 aliphatic rings. The highest BCUT2D eigenvalue weighted by atomic mass is 16.7. The fourth-order valence-electron chi connectivity index (χ4n) is 8.45. The quantitative estimate of drug-likeness (QED) is 0.0578. The SMILES string of the molecule is COC(=O)C(CCCCOCc1ccccc1)C1=CC2C(C1)C[C@@H](OC1CCCCO1)[C@@H]2C(=CCC[C@H](C)CCC=C(C)C)OC1CCCCO1. The zero-order valence-electron chi connectivity index (χ0n) is 32.0. The fourth-order valence-corrected chi connectivity index (χ4v) is 8.45. The van der Waals surface area contributed by atoms with Crippen LogP contribution in [-0.2, 0) is 39.8 Å². The summed E-state index contributed by atoms with van der Waals surface area (Å²) in [7, 11) is 1.52. The van der Waals surface area contributed by atoms with Crippen molar-refractivity contribution < 1.29 is 33.2 Å². The van der Waals surface area contributed by atoms with E-state index < -0.39 is 0 Å². The number of ether oxygens (including phenoxy) is 6. The van der Waals surface area contributed by atoms with E-state index in [0.29, 0.717) is 25.0 Å². The minimum atomic E-state index is -0.229. The Kier molecular flexibility index (Phi) is 16.6. The molecular weight excluding hydrogens is 640 g/mol. The number of unbranched alkanes of at least 4 members (excludes halogenated alkanes) is 1. The molecule has 2 aliphatic heterocycles. The molecule has 7 nitrogen and oxygen atoms in total. The van der Waals surface area contributed by atoms with Crippen LogP contribution in [0.15, 0.2) is 65.5 Å². The Bertz CT molecular complexity index is 1260. The highest BCUT2D eigenvalue weighted by Crippen LogP contribution is 2.53. The molecule has 1 saturated carbocycles. The lowest BCUT2D eigenvalue weighted by molar-refractivity contribution is -0.200. The minimum absolute atomic E-state index is 0.00386. The van der Waals surface area contributed by atoms with Crippen LogP contribution in [0.5, 0.6) is 0 Å². The van der Waals surface area contributed by atoms with Gasteiger partial charge in [-0.3, -0.25) is 4.79 Å². The molecule has 7 heteroatoms. The van der Waals surface area contributed by atoms with E-state index in [4.69, 9.17) is 28.4 Å². The molecule has 0 N–H and O–H groups in total. The first-order chi connectivity index (χ1) is 24.9. The molecule has 2 heterocycles. The van der Waals surface area contributed by atoms with Gasteiger partial charge in [-0.2, -0.15) is 0 Å². The van der Waals surface area contributed by atoms with Crippen LogP contribution < -0.4 is 0 Å². The van der Waals surface area contributed by atoms with Gasteiger partial charge in [0.15, 0.2) is 12.6 Å². The second-order valence-electron chi connectivity index (χ2n) is 15.7. The molecule has 0 spiro atoms. The van der Waals surface area contributed by atoms with Crippen LogP contribution in [0.3, 0.4) is 0 Å². The van der Waals surface area contributed by atoms with E-state index in [1.807, 2.05) is 18.2 Å². The molecule has 8 atom stereocenters. The van der Waals surface area contributed by atoms with E-state index in [9.17, 15) is 4.79 Å². The van der Waals surface area contributed by atoms with Crippen molar-refractivity contribution in [1.82, 2.24) is 0 Å². The molecule has 5 unspecified atom stereocenters. The lowest BCUT2D eigenvalue weighted by Crippen LogP contribution is -2.34. The molecule has 0 amide bonds. The molecule has 5 rings (SSSR count). The highest BCUT2D eigenvalue weighted by molar-refractivity contribution is 5.76. The molecule has 51 heavy (non-hydrogen) atoms. The average molecular weight is 707 g/mol. The first kappa shape index (κ1) is 39.8. The Morgan fingerprint density at radius 3 is 2.33 bits per heavy atom. The van der Waals surface area contributed by atoms with E-state index in [2.05, 4.69) is 51.1 Å². The molecule has 0 radical (unpaired) electrons. The van der Waals surface area contributed by atoms with E-state index in [-0.39, 0.29) is 42.4 Å². The number of hydrogen-bond acceptors (Lipinski definition) is 7. The van der Waals surface area contributed by atoms with Gasteiger partial charge >= 0.3 is 5.97 Å². The van der Waals surface area contributed by atoms with Crippen LogP contribution in [0.25, 0.3) is 0 Å². The van der Waals surface area contributed by atoms with Gasteiger partial charge in [0.2, 0.25) is 0 Å². The van der Waals surface area contributed by atoms with Crippen LogP contribution in [0.4, 0.5) is 0 Å². The smallest absolute Gasteiger partial charge is 0.312 e. The topological polar surface area (TPSA) is 72.5 Å². The summed E-state index contributed by atoms with van der Waals surface area (Å²) in [5, 5.41) is 0. The average Bonchev–Trinajstić information content (AvgIpc) is 3.69. The third kappa shape index (κ3) is 12.6.